The van der Waals surface area contributed by atoms with Gasteiger partial charge in [0, 0.05) is 12.6 Å². The summed E-state index contributed by atoms with van der Waals surface area (Å²) in [4.78, 5) is 0. The first kappa shape index (κ1) is 10.8. The average molecular weight is 166 g/mol. The van der Waals surface area contributed by atoms with Crippen LogP contribution in [0.2, 0.25) is 0 Å². The van der Waals surface area contributed by atoms with Gasteiger partial charge in [0.05, 0.1) is 6.54 Å². The average Bonchev–Trinajstić information content (AvgIpc) is 1.97. The van der Waals surface area contributed by atoms with Crippen LogP contribution >= 0.6 is 0 Å². The number of nitrogens with one attached hydrogen (secondary N) is 2. The van der Waals surface area contributed by atoms with Crippen molar-refractivity contribution in [2.24, 2.45) is 0 Å². The summed E-state index contributed by atoms with van der Waals surface area (Å²) in [6.07, 6.45) is -2.25. The molecule has 2 N–H and O–H groups in total. The Hall–Kier alpha value is -0.220. The van der Waals surface area contributed by atoms with Gasteiger partial charge in [-0.25, -0.2) is 8.78 Å². The van der Waals surface area contributed by atoms with E-state index in [1.807, 2.05) is 13.8 Å². The topological polar surface area (TPSA) is 24.1 Å². The highest BCUT2D eigenvalue weighted by Gasteiger charge is 2.04. The lowest BCUT2D eigenvalue weighted by Gasteiger charge is -2.12. The molecule has 4 heteroatoms. The molecule has 0 bridgehead atoms. The van der Waals surface area contributed by atoms with Crippen LogP contribution in [0.5, 0.6) is 0 Å². The van der Waals surface area contributed by atoms with E-state index in [2.05, 4.69) is 10.6 Å². The van der Waals surface area contributed by atoms with E-state index in [0.29, 0.717) is 0 Å². The molecule has 0 aliphatic heterocycles. The molecule has 0 aromatic heterocycles. The third-order valence-corrected chi connectivity index (χ3v) is 1.32. The van der Waals surface area contributed by atoms with Gasteiger partial charge in [0.2, 0.25) is 0 Å². The largest absolute Gasteiger partial charge is 0.315 e. The lowest BCUT2D eigenvalue weighted by molar-refractivity contribution is 0.142. The maximum absolute atomic E-state index is 11.6. The minimum absolute atomic E-state index is 0.115. The Morgan fingerprint density at radius 2 is 1.91 bits per heavy atom. The normalized spacial score (nSPS) is 13.9. The molecule has 0 aliphatic rings. The molecule has 0 saturated carbocycles. The zero-order valence-corrected chi connectivity index (χ0v) is 7.03. The molecule has 2 nitrogen and oxygen atoms in total. The molecule has 0 fully saturated rings. The first-order valence-corrected chi connectivity index (χ1v) is 3.89. The Morgan fingerprint density at radius 1 is 1.27 bits per heavy atom. The van der Waals surface area contributed by atoms with Crippen molar-refractivity contribution >= 4 is 0 Å². The Balaban J connectivity index is 3.15. The molecule has 0 aliphatic carbocycles. The number of alkyl halides is 2. The van der Waals surface area contributed by atoms with Crippen molar-refractivity contribution in [2.75, 3.05) is 19.6 Å². The van der Waals surface area contributed by atoms with Crippen LogP contribution in [0.4, 0.5) is 8.78 Å². The summed E-state index contributed by atoms with van der Waals surface area (Å²) in [7, 11) is 0. The second-order valence-electron chi connectivity index (χ2n) is 2.51. The van der Waals surface area contributed by atoms with Gasteiger partial charge < -0.3 is 10.6 Å². The van der Waals surface area contributed by atoms with Crippen molar-refractivity contribution in [3.8, 4) is 0 Å². The van der Waals surface area contributed by atoms with Crippen LogP contribution in [-0.4, -0.2) is 32.1 Å². The number of halogens is 2. The summed E-state index contributed by atoms with van der Waals surface area (Å²) in [5.41, 5.74) is 0. The van der Waals surface area contributed by atoms with Crippen LogP contribution in [0.3, 0.4) is 0 Å². The van der Waals surface area contributed by atoms with Gasteiger partial charge in [-0.05, 0) is 13.5 Å². The van der Waals surface area contributed by atoms with Crippen LogP contribution in [0.1, 0.15) is 13.8 Å². The highest BCUT2D eigenvalue weighted by molar-refractivity contribution is 4.63. The third kappa shape index (κ3) is 7.68. The van der Waals surface area contributed by atoms with Crippen LogP contribution < -0.4 is 10.6 Å². The van der Waals surface area contributed by atoms with Gasteiger partial charge in [-0.3, -0.25) is 0 Å². The zero-order chi connectivity index (χ0) is 8.69. The van der Waals surface area contributed by atoms with Gasteiger partial charge in [-0.2, -0.15) is 0 Å². The van der Waals surface area contributed by atoms with Crippen molar-refractivity contribution < 1.29 is 8.78 Å². The summed E-state index contributed by atoms with van der Waals surface area (Å²) in [6, 6.07) is 0.115. The zero-order valence-electron chi connectivity index (χ0n) is 7.03. The van der Waals surface area contributed by atoms with Crippen LogP contribution in [-0.2, 0) is 0 Å². The molecule has 0 aromatic rings. The van der Waals surface area contributed by atoms with E-state index in [1.54, 1.807) is 0 Å². The monoisotopic (exact) mass is 166 g/mol. The van der Waals surface area contributed by atoms with E-state index in [1.165, 1.54) is 0 Å². The van der Waals surface area contributed by atoms with Crippen molar-refractivity contribution in [3.05, 3.63) is 0 Å². The maximum atomic E-state index is 11.6. The second-order valence-corrected chi connectivity index (χ2v) is 2.51. The Labute approximate surface area is 66.4 Å². The molecule has 68 valence electrons. The molecular formula is C7H16F2N2. The van der Waals surface area contributed by atoms with Crippen molar-refractivity contribution in [2.45, 2.75) is 26.3 Å². The number of hydrogen-bond acceptors (Lipinski definition) is 2. The maximum Gasteiger partial charge on any atom is 0.250 e. The molecule has 0 saturated heterocycles. The molecule has 0 amide bonds. The Morgan fingerprint density at radius 3 is 2.36 bits per heavy atom. The fraction of sp³-hybridized carbons (Fsp3) is 1.00. The first-order valence-electron chi connectivity index (χ1n) is 3.89. The highest BCUT2D eigenvalue weighted by Crippen LogP contribution is 1.89. The summed E-state index contributed by atoms with van der Waals surface area (Å²) < 4.78 is 23.3. The van der Waals surface area contributed by atoms with E-state index in [0.717, 1.165) is 13.1 Å². The van der Waals surface area contributed by atoms with E-state index < -0.39 is 6.43 Å². The number of rotatable bonds is 6. The summed E-state index contributed by atoms with van der Waals surface area (Å²) >= 11 is 0. The quantitative estimate of drug-likeness (QED) is 0.611. The first-order chi connectivity index (χ1) is 5.16. The SMILES string of the molecule is CCNCC(C)NCC(F)F. The van der Waals surface area contributed by atoms with Crippen LogP contribution in [0.25, 0.3) is 0 Å². The smallest absolute Gasteiger partial charge is 0.250 e. The minimum atomic E-state index is -2.25. The molecule has 0 rings (SSSR count). The van der Waals surface area contributed by atoms with Gasteiger partial charge in [-0.15, -0.1) is 0 Å². The molecule has 1 unspecified atom stereocenters. The molecule has 0 spiro atoms. The predicted octanol–water partition coefficient (Wildman–Crippen LogP) is 0.839. The summed E-state index contributed by atoms with van der Waals surface area (Å²) in [5, 5.41) is 5.77. The van der Waals surface area contributed by atoms with E-state index in [9.17, 15) is 8.78 Å². The molecule has 11 heavy (non-hydrogen) atoms. The molecule has 0 radical (unpaired) electrons. The Bertz CT molecular complexity index is 88.5. The van der Waals surface area contributed by atoms with E-state index >= 15 is 0 Å². The van der Waals surface area contributed by atoms with Crippen molar-refractivity contribution in [3.63, 3.8) is 0 Å². The molecule has 0 heterocycles. The number of likely N-dealkylation sites (N-methyl/N-ethyl adjacent to an activating group) is 1. The molecule has 0 aromatic carbocycles. The molecular weight excluding hydrogens is 150 g/mol. The van der Waals surface area contributed by atoms with Gasteiger partial charge >= 0.3 is 0 Å². The summed E-state index contributed by atoms with van der Waals surface area (Å²) in [6.45, 7) is 5.27. The van der Waals surface area contributed by atoms with Crippen LogP contribution in [0.15, 0.2) is 0 Å². The minimum Gasteiger partial charge on any atom is -0.315 e. The molecule has 1 atom stereocenters. The lowest BCUT2D eigenvalue weighted by atomic mass is 10.3. The lowest BCUT2D eigenvalue weighted by Crippen LogP contribution is -2.38. The van der Waals surface area contributed by atoms with Crippen LogP contribution in [0, 0.1) is 0 Å². The number of hydrogen-bond donors (Lipinski definition) is 2. The van der Waals surface area contributed by atoms with E-state index in [-0.39, 0.29) is 12.6 Å². The van der Waals surface area contributed by atoms with Crippen molar-refractivity contribution in [1.29, 1.82) is 0 Å². The third-order valence-electron chi connectivity index (χ3n) is 1.32. The van der Waals surface area contributed by atoms with Crippen molar-refractivity contribution in [1.82, 2.24) is 10.6 Å². The summed E-state index contributed by atoms with van der Waals surface area (Å²) in [5.74, 6) is 0. The van der Waals surface area contributed by atoms with Gasteiger partial charge in [0.25, 0.3) is 6.43 Å². The second kappa shape index (κ2) is 6.49. The standard InChI is InChI=1S/C7H16F2N2/c1-3-10-4-6(2)11-5-7(8)9/h6-7,10-11H,3-5H2,1-2H3. The van der Waals surface area contributed by atoms with Gasteiger partial charge in [0.15, 0.2) is 0 Å². The van der Waals surface area contributed by atoms with Gasteiger partial charge in [-0.1, -0.05) is 6.92 Å². The fourth-order valence-electron chi connectivity index (χ4n) is 0.723. The van der Waals surface area contributed by atoms with Gasteiger partial charge in [0.1, 0.15) is 0 Å². The Kier molecular flexibility index (Phi) is 6.36. The predicted molar refractivity (Wildman–Crippen MR) is 42.0 cm³/mol. The fourth-order valence-corrected chi connectivity index (χ4v) is 0.723. The van der Waals surface area contributed by atoms with E-state index in [4.69, 9.17) is 0 Å². The highest BCUT2D eigenvalue weighted by atomic mass is 19.3.